The molecule has 1 fully saturated rings. The topological polar surface area (TPSA) is 51.0 Å². The first-order chi connectivity index (χ1) is 8.83. The Hall–Kier alpha value is -1.34. The van der Waals surface area contributed by atoms with Crippen molar-refractivity contribution in [3.05, 3.63) is 11.7 Å². The Bertz CT molecular complexity index is 407. The summed E-state index contributed by atoms with van der Waals surface area (Å²) in [6.45, 7) is 3.35. The molecule has 0 spiro atoms. The molecule has 0 aromatic carbocycles. The van der Waals surface area contributed by atoms with Gasteiger partial charge in [-0.1, -0.05) is 37.3 Å². The van der Waals surface area contributed by atoms with Gasteiger partial charge in [0.15, 0.2) is 5.82 Å². The smallest absolute Gasteiger partial charge is 0.240 e. The second-order valence-corrected chi connectivity index (χ2v) is 4.99. The molecule has 0 amide bonds. The molecule has 1 heterocycles. The van der Waals surface area contributed by atoms with E-state index in [0.29, 0.717) is 24.9 Å². The molecule has 18 heavy (non-hydrogen) atoms. The van der Waals surface area contributed by atoms with Crippen molar-refractivity contribution in [3.63, 3.8) is 0 Å². The van der Waals surface area contributed by atoms with Gasteiger partial charge in [0.2, 0.25) is 5.89 Å². The fourth-order valence-electron chi connectivity index (χ4n) is 2.64. The van der Waals surface area contributed by atoms with Crippen molar-refractivity contribution >= 4 is 0 Å². The first kappa shape index (κ1) is 13.1. The summed E-state index contributed by atoms with van der Waals surface area (Å²) < 4.78 is 5.24. The van der Waals surface area contributed by atoms with Crippen LogP contribution in [0, 0.1) is 18.3 Å². The minimum absolute atomic E-state index is 0.480. The minimum atomic E-state index is 0.480. The van der Waals surface area contributed by atoms with Crippen molar-refractivity contribution < 1.29 is 4.52 Å². The molecule has 1 aromatic heterocycles. The summed E-state index contributed by atoms with van der Waals surface area (Å²) in [5.74, 6) is 5.34. The highest BCUT2D eigenvalue weighted by Gasteiger charge is 2.25. The molecule has 2 atom stereocenters. The van der Waals surface area contributed by atoms with Crippen molar-refractivity contribution in [1.82, 2.24) is 15.5 Å². The Morgan fingerprint density at radius 2 is 2.39 bits per heavy atom. The fourth-order valence-corrected chi connectivity index (χ4v) is 2.64. The average Bonchev–Trinajstić information content (AvgIpc) is 2.88. The lowest BCUT2D eigenvalue weighted by atomic mass is 9.80. The molecule has 2 unspecified atom stereocenters. The van der Waals surface area contributed by atoms with Crippen molar-refractivity contribution in [1.29, 1.82) is 0 Å². The molecule has 4 heteroatoms. The van der Waals surface area contributed by atoms with Crippen LogP contribution in [0.4, 0.5) is 0 Å². The maximum Gasteiger partial charge on any atom is 0.240 e. The quantitative estimate of drug-likeness (QED) is 0.641. The van der Waals surface area contributed by atoms with Crippen LogP contribution in [0.5, 0.6) is 0 Å². The lowest BCUT2D eigenvalue weighted by Gasteiger charge is -2.26. The number of rotatable bonds is 5. The predicted molar refractivity (Wildman–Crippen MR) is 69.8 cm³/mol. The summed E-state index contributed by atoms with van der Waals surface area (Å²) in [6.07, 6.45) is 11.4. The van der Waals surface area contributed by atoms with E-state index in [9.17, 15) is 0 Å². The second kappa shape index (κ2) is 6.55. The van der Waals surface area contributed by atoms with E-state index in [2.05, 4.69) is 28.3 Å². The van der Waals surface area contributed by atoms with E-state index in [1.807, 2.05) is 0 Å². The molecular weight excluding hydrogens is 226 g/mol. The Morgan fingerprint density at radius 1 is 1.50 bits per heavy atom. The van der Waals surface area contributed by atoms with Gasteiger partial charge in [-0.25, -0.2) is 0 Å². The average molecular weight is 247 g/mol. The van der Waals surface area contributed by atoms with Crippen LogP contribution in [0.15, 0.2) is 4.52 Å². The summed E-state index contributed by atoms with van der Waals surface area (Å²) in [5.41, 5.74) is 0. The van der Waals surface area contributed by atoms with Gasteiger partial charge in [0, 0.05) is 5.92 Å². The molecule has 1 aliphatic carbocycles. The summed E-state index contributed by atoms with van der Waals surface area (Å²) in [6, 6.07) is 0. The molecule has 2 rings (SSSR count). The normalized spacial score (nSPS) is 23.8. The van der Waals surface area contributed by atoms with Crippen molar-refractivity contribution in [2.45, 2.75) is 51.5 Å². The Kier molecular flexibility index (Phi) is 4.77. The third kappa shape index (κ3) is 3.33. The van der Waals surface area contributed by atoms with E-state index < -0.39 is 0 Å². The van der Waals surface area contributed by atoms with Crippen molar-refractivity contribution in [2.75, 3.05) is 6.54 Å². The molecule has 1 N–H and O–H groups in total. The zero-order valence-electron chi connectivity index (χ0n) is 11.0. The molecule has 0 bridgehead atoms. The second-order valence-electron chi connectivity index (χ2n) is 4.99. The van der Waals surface area contributed by atoms with Crippen LogP contribution in [0.1, 0.15) is 56.7 Å². The monoisotopic (exact) mass is 247 g/mol. The van der Waals surface area contributed by atoms with Crippen molar-refractivity contribution in [2.24, 2.45) is 5.92 Å². The van der Waals surface area contributed by atoms with Crippen LogP contribution < -0.4 is 5.32 Å². The Morgan fingerprint density at radius 3 is 3.17 bits per heavy atom. The lowest BCUT2D eigenvalue weighted by molar-refractivity contribution is 0.297. The first-order valence-corrected chi connectivity index (χ1v) is 6.80. The highest BCUT2D eigenvalue weighted by molar-refractivity contribution is 4.98. The van der Waals surface area contributed by atoms with Crippen LogP contribution in [0.2, 0.25) is 0 Å². The lowest BCUT2D eigenvalue weighted by Crippen LogP contribution is -2.15. The standard InChI is InChI=1S/C14H21N3O/c1-3-8-15-10-13-16-14(17-18-13)12-7-5-6-11(4-2)9-12/h1,11-12,15H,4-10H2,2H3. The van der Waals surface area contributed by atoms with Crippen LogP contribution in [0.3, 0.4) is 0 Å². The van der Waals surface area contributed by atoms with E-state index >= 15 is 0 Å². The van der Waals surface area contributed by atoms with Gasteiger partial charge in [-0.05, 0) is 18.8 Å². The van der Waals surface area contributed by atoms with E-state index in [4.69, 9.17) is 10.9 Å². The number of hydrogen-bond donors (Lipinski definition) is 1. The van der Waals surface area contributed by atoms with Gasteiger partial charge in [-0.3, -0.25) is 5.32 Å². The molecule has 0 aliphatic heterocycles. The molecule has 4 nitrogen and oxygen atoms in total. The van der Waals surface area contributed by atoms with Gasteiger partial charge in [-0.2, -0.15) is 4.98 Å². The summed E-state index contributed by atoms with van der Waals surface area (Å²) in [5, 5.41) is 7.16. The van der Waals surface area contributed by atoms with Gasteiger partial charge in [0.1, 0.15) is 0 Å². The third-order valence-corrected chi connectivity index (χ3v) is 3.71. The molecular formula is C14H21N3O. The van der Waals surface area contributed by atoms with E-state index in [1.54, 1.807) is 0 Å². The highest BCUT2D eigenvalue weighted by Crippen LogP contribution is 2.36. The summed E-state index contributed by atoms with van der Waals surface area (Å²) in [4.78, 5) is 4.47. The molecule has 0 saturated heterocycles. The third-order valence-electron chi connectivity index (χ3n) is 3.71. The van der Waals surface area contributed by atoms with Crippen molar-refractivity contribution in [3.8, 4) is 12.3 Å². The minimum Gasteiger partial charge on any atom is -0.338 e. The zero-order chi connectivity index (χ0) is 12.8. The number of nitrogens with zero attached hydrogens (tertiary/aromatic N) is 2. The van der Waals surface area contributed by atoms with E-state index in [-0.39, 0.29) is 0 Å². The molecule has 1 aromatic rings. The van der Waals surface area contributed by atoms with Gasteiger partial charge in [0.05, 0.1) is 13.1 Å². The SMILES string of the molecule is C#CCNCc1nc(C2CCCC(CC)C2)no1. The molecule has 98 valence electrons. The van der Waals surface area contributed by atoms with Gasteiger partial charge in [-0.15, -0.1) is 6.42 Å². The molecule has 0 radical (unpaired) electrons. The van der Waals surface area contributed by atoms with E-state index in [0.717, 1.165) is 11.7 Å². The number of hydrogen-bond acceptors (Lipinski definition) is 4. The number of terminal acetylenes is 1. The van der Waals surface area contributed by atoms with Crippen LogP contribution in [-0.2, 0) is 6.54 Å². The number of aromatic nitrogens is 2. The van der Waals surface area contributed by atoms with Crippen LogP contribution in [-0.4, -0.2) is 16.7 Å². The van der Waals surface area contributed by atoms with Crippen LogP contribution >= 0.6 is 0 Å². The maximum atomic E-state index is 5.24. The Labute approximate surface area is 109 Å². The summed E-state index contributed by atoms with van der Waals surface area (Å²) >= 11 is 0. The predicted octanol–water partition coefficient (Wildman–Crippen LogP) is 2.48. The molecule has 1 saturated carbocycles. The molecule has 1 aliphatic rings. The Balaban J connectivity index is 1.90. The number of nitrogens with one attached hydrogen (secondary N) is 1. The largest absolute Gasteiger partial charge is 0.338 e. The zero-order valence-corrected chi connectivity index (χ0v) is 11.0. The van der Waals surface area contributed by atoms with Crippen LogP contribution in [0.25, 0.3) is 0 Å². The van der Waals surface area contributed by atoms with Gasteiger partial charge in [0.25, 0.3) is 0 Å². The van der Waals surface area contributed by atoms with Gasteiger partial charge < -0.3 is 4.52 Å². The highest BCUT2D eigenvalue weighted by atomic mass is 16.5. The summed E-state index contributed by atoms with van der Waals surface area (Å²) in [7, 11) is 0. The first-order valence-electron chi connectivity index (χ1n) is 6.80. The van der Waals surface area contributed by atoms with E-state index in [1.165, 1.54) is 32.1 Å². The maximum absolute atomic E-state index is 5.24. The fraction of sp³-hybridized carbons (Fsp3) is 0.714. The van der Waals surface area contributed by atoms with Gasteiger partial charge >= 0.3 is 0 Å².